The van der Waals surface area contributed by atoms with Crippen molar-refractivity contribution in [2.75, 3.05) is 6.61 Å². The van der Waals surface area contributed by atoms with E-state index in [9.17, 15) is 9.90 Å². The van der Waals surface area contributed by atoms with E-state index >= 15 is 0 Å². The zero-order chi connectivity index (χ0) is 15.9. The van der Waals surface area contributed by atoms with Crippen LogP contribution in [0.2, 0.25) is 0 Å². The molecule has 0 spiro atoms. The molecule has 0 saturated heterocycles. The van der Waals surface area contributed by atoms with Crippen LogP contribution in [0.15, 0.2) is 29.4 Å². The molecule has 1 heterocycles. The standard InChI is InChI=1S/C14H18N4O3S/c1-3-21-13(20)9-4-10(2)22-14-15-16-17-18(14)11-5-7-12(19)8-6-11/h5-8,10,19H,3-4,9H2,1-2H3/t10-/m0/s1. The number of thioether (sulfide) groups is 1. The van der Waals surface area contributed by atoms with Crippen molar-refractivity contribution in [2.24, 2.45) is 0 Å². The third-order valence-electron chi connectivity index (χ3n) is 2.90. The van der Waals surface area contributed by atoms with Crippen molar-refractivity contribution in [1.29, 1.82) is 0 Å². The summed E-state index contributed by atoms with van der Waals surface area (Å²) >= 11 is 1.49. The van der Waals surface area contributed by atoms with Crippen molar-refractivity contribution in [1.82, 2.24) is 20.2 Å². The number of esters is 1. The molecule has 7 nitrogen and oxygen atoms in total. The van der Waals surface area contributed by atoms with Gasteiger partial charge in [0.25, 0.3) is 0 Å². The Kier molecular flexibility index (Phi) is 5.76. The summed E-state index contributed by atoms with van der Waals surface area (Å²) in [6, 6.07) is 6.63. The minimum atomic E-state index is -0.187. The quantitative estimate of drug-likeness (QED) is 0.617. The molecule has 0 saturated carbocycles. The van der Waals surface area contributed by atoms with E-state index in [-0.39, 0.29) is 17.0 Å². The van der Waals surface area contributed by atoms with Gasteiger partial charge in [-0.15, -0.1) is 5.10 Å². The molecule has 2 rings (SSSR count). The Hall–Kier alpha value is -2.09. The monoisotopic (exact) mass is 322 g/mol. The lowest BCUT2D eigenvalue weighted by molar-refractivity contribution is -0.143. The van der Waals surface area contributed by atoms with Crippen molar-refractivity contribution in [3.05, 3.63) is 24.3 Å². The molecule has 1 atom stereocenters. The molecule has 2 aromatic rings. The van der Waals surface area contributed by atoms with Crippen molar-refractivity contribution in [3.63, 3.8) is 0 Å². The highest BCUT2D eigenvalue weighted by Gasteiger charge is 2.14. The van der Waals surface area contributed by atoms with Crippen LogP contribution in [0.3, 0.4) is 0 Å². The normalized spacial score (nSPS) is 12.1. The molecule has 0 bridgehead atoms. The van der Waals surface area contributed by atoms with Crippen LogP contribution in [-0.4, -0.2) is 43.1 Å². The molecule has 0 unspecified atom stereocenters. The molecule has 1 aromatic heterocycles. The van der Waals surface area contributed by atoms with Crippen LogP contribution >= 0.6 is 11.8 Å². The second-order valence-electron chi connectivity index (χ2n) is 4.66. The number of ether oxygens (including phenoxy) is 1. The number of phenolic OH excluding ortho intramolecular Hbond substituents is 1. The number of hydrogen-bond acceptors (Lipinski definition) is 7. The number of aromatic nitrogens is 4. The predicted octanol–water partition coefficient (Wildman–Crippen LogP) is 2.19. The number of carbonyl (C=O) groups is 1. The first-order chi connectivity index (χ1) is 10.6. The number of nitrogens with zero attached hydrogens (tertiary/aromatic N) is 4. The number of benzene rings is 1. The first-order valence-corrected chi connectivity index (χ1v) is 7.88. The largest absolute Gasteiger partial charge is 0.508 e. The lowest BCUT2D eigenvalue weighted by atomic mass is 10.2. The second-order valence-corrected chi connectivity index (χ2v) is 6.07. The Balaban J connectivity index is 1.97. The zero-order valence-electron chi connectivity index (χ0n) is 12.5. The van der Waals surface area contributed by atoms with Crippen LogP contribution in [0.5, 0.6) is 5.75 Å². The summed E-state index contributed by atoms with van der Waals surface area (Å²) in [6.07, 6.45) is 1.06. The SMILES string of the molecule is CCOC(=O)CC[C@H](C)Sc1nnnn1-c1ccc(O)cc1. The fourth-order valence-electron chi connectivity index (χ4n) is 1.80. The summed E-state index contributed by atoms with van der Waals surface area (Å²) in [5.74, 6) is 0.00177. The van der Waals surface area contributed by atoms with Gasteiger partial charge in [-0.05, 0) is 48.0 Å². The van der Waals surface area contributed by atoms with Crippen LogP contribution in [0, 0.1) is 0 Å². The van der Waals surface area contributed by atoms with Crippen LogP contribution in [0.4, 0.5) is 0 Å². The van der Waals surface area contributed by atoms with Gasteiger partial charge in [0.2, 0.25) is 5.16 Å². The van der Waals surface area contributed by atoms with E-state index in [2.05, 4.69) is 15.5 Å². The summed E-state index contributed by atoms with van der Waals surface area (Å²) in [6.45, 7) is 4.21. The van der Waals surface area contributed by atoms with Gasteiger partial charge < -0.3 is 9.84 Å². The third-order valence-corrected chi connectivity index (χ3v) is 4.01. The van der Waals surface area contributed by atoms with Gasteiger partial charge in [-0.3, -0.25) is 4.79 Å². The lowest BCUT2D eigenvalue weighted by Crippen LogP contribution is -2.08. The lowest BCUT2D eigenvalue weighted by Gasteiger charge is -2.10. The Morgan fingerprint density at radius 1 is 1.41 bits per heavy atom. The molecule has 0 aliphatic rings. The smallest absolute Gasteiger partial charge is 0.305 e. The highest BCUT2D eigenvalue weighted by Crippen LogP contribution is 2.26. The van der Waals surface area contributed by atoms with Gasteiger partial charge in [0.15, 0.2) is 0 Å². The number of tetrazole rings is 1. The van der Waals surface area contributed by atoms with Crippen LogP contribution < -0.4 is 0 Å². The van der Waals surface area contributed by atoms with E-state index in [0.717, 1.165) is 5.69 Å². The molecule has 1 N–H and O–H groups in total. The molecule has 0 aliphatic carbocycles. The number of carbonyl (C=O) groups excluding carboxylic acids is 1. The van der Waals surface area contributed by atoms with Crippen LogP contribution in [0.1, 0.15) is 26.7 Å². The van der Waals surface area contributed by atoms with E-state index in [1.165, 1.54) is 11.8 Å². The first kappa shape index (κ1) is 16.3. The summed E-state index contributed by atoms with van der Waals surface area (Å²) in [4.78, 5) is 11.4. The summed E-state index contributed by atoms with van der Waals surface area (Å²) in [7, 11) is 0. The third kappa shape index (κ3) is 4.45. The van der Waals surface area contributed by atoms with Gasteiger partial charge >= 0.3 is 5.97 Å². The summed E-state index contributed by atoms with van der Waals surface area (Å²) in [5.41, 5.74) is 0.767. The predicted molar refractivity (Wildman–Crippen MR) is 82.0 cm³/mol. The van der Waals surface area contributed by atoms with Gasteiger partial charge in [-0.2, -0.15) is 4.68 Å². The number of rotatable bonds is 7. The molecule has 0 fully saturated rings. The average Bonchev–Trinajstić information content (AvgIpc) is 2.94. The number of hydrogen-bond donors (Lipinski definition) is 1. The van der Waals surface area contributed by atoms with Crippen LogP contribution in [-0.2, 0) is 9.53 Å². The minimum Gasteiger partial charge on any atom is -0.508 e. The van der Waals surface area contributed by atoms with E-state index in [1.807, 2.05) is 6.92 Å². The second kappa shape index (κ2) is 7.79. The Morgan fingerprint density at radius 3 is 2.82 bits per heavy atom. The Labute approximate surface area is 132 Å². The van der Waals surface area contributed by atoms with E-state index in [1.54, 1.807) is 35.9 Å². The summed E-state index contributed by atoms with van der Waals surface area (Å²) in [5, 5.41) is 21.8. The fourth-order valence-corrected chi connectivity index (χ4v) is 2.72. The molecule has 8 heteroatoms. The highest BCUT2D eigenvalue weighted by molar-refractivity contribution is 7.99. The zero-order valence-corrected chi connectivity index (χ0v) is 13.3. The van der Waals surface area contributed by atoms with Gasteiger partial charge in [0.05, 0.1) is 12.3 Å². The molecule has 22 heavy (non-hydrogen) atoms. The average molecular weight is 322 g/mol. The molecule has 1 aromatic carbocycles. The minimum absolute atomic E-state index is 0.172. The molecule has 118 valence electrons. The fraction of sp³-hybridized carbons (Fsp3) is 0.429. The van der Waals surface area contributed by atoms with Gasteiger partial charge in [-0.25, -0.2) is 0 Å². The van der Waals surface area contributed by atoms with Crippen molar-refractivity contribution in [2.45, 2.75) is 37.1 Å². The first-order valence-electron chi connectivity index (χ1n) is 7.00. The number of aromatic hydroxyl groups is 1. The molecule has 0 radical (unpaired) electrons. The van der Waals surface area contributed by atoms with E-state index in [0.29, 0.717) is 24.6 Å². The molecule has 0 amide bonds. The van der Waals surface area contributed by atoms with Crippen molar-refractivity contribution in [3.8, 4) is 11.4 Å². The van der Waals surface area contributed by atoms with E-state index in [4.69, 9.17) is 4.74 Å². The summed E-state index contributed by atoms with van der Waals surface area (Å²) < 4.78 is 6.52. The highest BCUT2D eigenvalue weighted by atomic mass is 32.2. The van der Waals surface area contributed by atoms with Crippen LogP contribution in [0.25, 0.3) is 5.69 Å². The molecule has 0 aliphatic heterocycles. The molecular formula is C14H18N4O3S. The molecular weight excluding hydrogens is 304 g/mol. The maximum Gasteiger partial charge on any atom is 0.305 e. The van der Waals surface area contributed by atoms with Gasteiger partial charge in [0, 0.05) is 11.7 Å². The Bertz CT molecular complexity index is 615. The maximum atomic E-state index is 11.4. The van der Waals surface area contributed by atoms with E-state index < -0.39 is 0 Å². The van der Waals surface area contributed by atoms with Gasteiger partial charge in [0.1, 0.15) is 5.75 Å². The Morgan fingerprint density at radius 2 is 2.14 bits per heavy atom. The number of phenols is 1. The van der Waals surface area contributed by atoms with Crippen molar-refractivity contribution >= 4 is 17.7 Å². The maximum absolute atomic E-state index is 11.4. The van der Waals surface area contributed by atoms with Crippen molar-refractivity contribution < 1.29 is 14.6 Å². The van der Waals surface area contributed by atoms with Gasteiger partial charge in [-0.1, -0.05) is 18.7 Å². The topological polar surface area (TPSA) is 90.1 Å².